The Labute approximate surface area is 162 Å². The fraction of sp³-hybridized carbons (Fsp3) is 0.455. The van der Waals surface area contributed by atoms with Crippen LogP contribution in [0.3, 0.4) is 0 Å². The van der Waals surface area contributed by atoms with Crippen molar-refractivity contribution in [1.82, 2.24) is 9.88 Å². The van der Waals surface area contributed by atoms with Crippen LogP contribution in [-0.4, -0.2) is 41.6 Å². The van der Waals surface area contributed by atoms with Crippen molar-refractivity contribution in [2.24, 2.45) is 0 Å². The second-order valence-electron chi connectivity index (χ2n) is 8.39. The van der Waals surface area contributed by atoms with Gasteiger partial charge in [-0.25, -0.2) is 9.78 Å². The molecule has 0 saturated carbocycles. The predicted octanol–water partition coefficient (Wildman–Crippen LogP) is 4.43. The second-order valence-corrected chi connectivity index (χ2v) is 8.39. The molecule has 0 aliphatic carbocycles. The Balaban J connectivity index is 1.62. The zero-order chi connectivity index (χ0) is 19.6. The zero-order valence-electron chi connectivity index (χ0n) is 17.0. The van der Waals surface area contributed by atoms with Crippen molar-refractivity contribution in [2.45, 2.75) is 46.1 Å². The summed E-state index contributed by atoms with van der Waals surface area (Å²) in [7, 11) is 0. The summed E-state index contributed by atoms with van der Waals surface area (Å²) in [6, 6.07) is 12.3. The number of nitrogens with one attached hydrogen (secondary N) is 1. The first-order valence-electron chi connectivity index (χ1n) is 9.60. The summed E-state index contributed by atoms with van der Waals surface area (Å²) in [5, 5.41) is 3.03. The molecule has 5 heteroatoms. The van der Waals surface area contributed by atoms with Crippen LogP contribution in [0.5, 0.6) is 0 Å². The van der Waals surface area contributed by atoms with Crippen molar-refractivity contribution in [1.29, 1.82) is 0 Å². The van der Waals surface area contributed by atoms with Gasteiger partial charge in [0.1, 0.15) is 5.82 Å². The van der Waals surface area contributed by atoms with Crippen molar-refractivity contribution in [3.63, 3.8) is 0 Å². The van der Waals surface area contributed by atoms with Gasteiger partial charge in [0.15, 0.2) is 0 Å². The van der Waals surface area contributed by atoms with Gasteiger partial charge in [0.05, 0.1) is 0 Å². The lowest BCUT2D eigenvalue weighted by Crippen LogP contribution is -2.55. The van der Waals surface area contributed by atoms with E-state index >= 15 is 0 Å². The van der Waals surface area contributed by atoms with Crippen molar-refractivity contribution >= 4 is 17.5 Å². The number of aryl methyl sites for hydroxylation is 1. The number of amides is 2. The van der Waals surface area contributed by atoms with Crippen LogP contribution >= 0.6 is 0 Å². The smallest absolute Gasteiger partial charge is 0.321 e. The molecule has 0 bridgehead atoms. The number of aromatic nitrogens is 1. The van der Waals surface area contributed by atoms with Crippen LogP contribution in [0.15, 0.2) is 42.6 Å². The van der Waals surface area contributed by atoms with Crippen LogP contribution in [0, 0.1) is 6.92 Å². The standard InChI is InChI=1S/C22H30N4O/c1-16-7-6-12-23-20(16)26-14-13-25(15-17(26)2)21(27)24-19-10-8-18(9-11-19)22(3,4)5/h6-12,17H,13-15H2,1-5H3,(H,24,27). The quantitative estimate of drug-likeness (QED) is 0.855. The zero-order valence-corrected chi connectivity index (χ0v) is 17.0. The number of pyridine rings is 1. The lowest BCUT2D eigenvalue weighted by Gasteiger charge is -2.41. The third kappa shape index (κ3) is 4.41. The molecule has 1 aromatic carbocycles. The highest BCUT2D eigenvalue weighted by molar-refractivity contribution is 5.89. The minimum absolute atomic E-state index is 0.0391. The molecule has 144 valence electrons. The van der Waals surface area contributed by atoms with E-state index in [1.54, 1.807) is 0 Å². The van der Waals surface area contributed by atoms with Crippen LogP contribution in [0.1, 0.15) is 38.8 Å². The Morgan fingerprint density at radius 1 is 1.15 bits per heavy atom. The molecule has 1 unspecified atom stereocenters. The summed E-state index contributed by atoms with van der Waals surface area (Å²) < 4.78 is 0. The Kier molecular flexibility index (Phi) is 5.40. The van der Waals surface area contributed by atoms with Crippen LogP contribution in [-0.2, 0) is 5.41 Å². The van der Waals surface area contributed by atoms with Gasteiger partial charge in [-0.3, -0.25) is 0 Å². The molecule has 2 amide bonds. The van der Waals surface area contributed by atoms with Crippen LogP contribution in [0.4, 0.5) is 16.3 Å². The van der Waals surface area contributed by atoms with Gasteiger partial charge in [-0.05, 0) is 48.6 Å². The molecule has 0 spiro atoms. The maximum absolute atomic E-state index is 12.7. The van der Waals surface area contributed by atoms with Gasteiger partial charge in [-0.1, -0.05) is 39.0 Å². The lowest BCUT2D eigenvalue weighted by atomic mass is 9.87. The Morgan fingerprint density at radius 3 is 2.44 bits per heavy atom. The highest BCUT2D eigenvalue weighted by atomic mass is 16.2. The molecule has 1 atom stereocenters. The number of urea groups is 1. The van der Waals surface area contributed by atoms with Crippen molar-refractivity contribution in [3.05, 3.63) is 53.7 Å². The summed E-state index contributed by atoms with van der Waals surface area (Å²) in [6.07, 6.45) is 1.83. The summed E-state index contributed by atoms with van der Waals surface area (Å²) in [6.45, 7) is 12.9. The highest BCUT2D eigenvalue weighted by Crippen LogP contribution is 2.24. The van der Waals surface area contributed by atoms with E-state index < -0.39 is 0 Å². The SMILES string of the molecule is Cc1cccnc1N1CCN(C(=O)Nc2ccc(C(C)(C)C)cc2)CC1C. The van der Waals surface area contributed by atoms with E-state index in [1.807, 2.05) is 29.3 Å². The number of hydrogen-bond acceptors (Lipinski definition) is 3. The number of carbonyl (C=O) groups is 1. The number of carbonyl (C=O) groups excluding carboxylic acids is 1. The van der Waals surface area contributed by atoms with Crippen LogP contribution in [0.25, 0.3) is 0 Å². The van der Waals surface area contributed by atoms with Gasteiger partial charge in [0.25, 0.3) is 0 Å². The van der Waals surface area contributed by atoms with E-state index in [-0.39, 0.29) is 17.5 Å². The molecular weight excluding hydrogens is 336 g/mol. The Bertz CT molecular complexity index is 795. The molecule has 0 radical (unpaired) electrons. The number of rotatable bonds is 2. The summed E-state index contributed by atoms with van der Waals surface area (Å²) >= 11 is 0. The third-order valence-corrected chi connectivity index (χ3v) is 5.17. The molecule has 1 aliphatic rings. The Morgan fingerprint density at radius 2 is 1.85 bits per heavy atom. The van der Waals surface area contributed by atoms with E-state index in [0.717, 1.165) is 18.1 Å². The van der Waals surface area contributed by atoms with Crippen molar-refractivity contribution in [2.75, 3.05) is 29.9 Å². The molecule has 2 aromatic rings. The minimum atomic E-state index is -0.0391. The number of nitrogens with zero attached hydrogens (tertiary/aromatic N) is 3. The molecule has 1 aromatic heterocycles. The topological polar surface area (TPSA) is 48.5 Å². The van der Waals surface area contributed by atoms with Gasteiger partial charge in [-0.2, -0.15) is 0 Å². The van der Waals surface area contributed by atoms with E-state index in [9.17, 15) is 4.79 Å². The maximum Gasteiger partial charge on any atom is 0.321 e. The highest BCUT2D eigenvalue weighted by Gasteiger charge is 2.28. The lowest BCUT2D eigenvalue weighted by molar-refractivity contribution is 0.200. The average molecular weight is 367 g/mol. The van der Waals surface area contributed by atoms with Gasteiger partial charge >= 0.3 is 6.03 Å². The Hall–Kier alpha value is -2.56. The first kappa shape index (κ1) is 19.2. The molecule has 1 fully saturated rings. The van der Waals surface area contributed by atoms with Crippen molar-refractivity contribution in [3.8, 4) is 0 Å². The summed E-state index contributed by atoms with van der Waals surface area (Å²) in [4.78, 5) is 21.4. The molecule has 1 N–H and O–H groups in total. The van der Waals surface area contributed by atoms with Crippen LogP contribution < -0.4 is 10.2 Å². The van der Waals surface area contributed by atoms with Gasteiger partial charge < -0.3 is 15.1 Å². The summed E-state index contributed by atoms with van der Waals surface area (Å²) in [5.41, 5.74) is 3.37. The largest absolute Gasteiger partial charge is 0.350 e. The van der Waals surface area contributed by atoms with Crippen molar-refractivity contribution < 1.29 is 4.79 Å². The molecule has 3 rings (SSSR count). The minimum Gasteiger partial charge on any atom is -0.350 e. The first-order valence-corrected chi connectivity index (χ1v) is 9.60. The van der Waals surface area contributed by atoms with E-state index in [2.05, 4.69) is 68.0 Å². The number of hydrogen-bond donors (Lipinski definition) is 1. The molecule has 5 nitrogen and oxygen atoms in total. The third-order valence-electron chi connectivity index (χ3n) is 5.17. The second kappa shape index (κ2) is 7.59. The van der Waals surface area contributed by atoms with E-state index in [1.165, 1.54) is 11.1 Å². The monoisotopic (exact) mass is 366 g/mol. The average Bonchev–Trinajstić information content (AvgIpc) is 2.62. The molecule has 1 aliphatic heterocycles. The van der Waals surface area contributed by atoms with Gasteiger partial charge in [0.2, 0.25) is 0 Å². The number of benzene rings is 1. The normalized spacial score (nSPS) is 17.7. The fourth-order valence-electron chi connectivity index (χ4n) is 3.49. The number of piperazine rings is 1. The van der Waals surface area contributed by atoms with E-state index in [4.69, 9.17) is 0 Å². The summed E-state index contributed by atoms with van der Waals surface area (Å²) in [5.74, 6) is 1.02. The van der Waals surface area contributed by atoms with Gasteiger partial charge in [0, 0.05) is 37.6 Å². The molecule has 1 saturated heterocycles. The van der Waals surface area contributed by atoms with Gasteiger partial charge in [-0.15, -0.1) is 0 Å². The maximum atomic E-state index is 12.7. The number of anilines is 2. The molecule has 27 heavy (non-hydrogen) atoms. The predicted molar refractivity (Wildman–Crippen MR) is 112 cm³/mol. The molecule has 2 heterocycles. The van der Waals surface area contributed by atoms with E-state index in [0.29, 0.717) is 13.1 Å². The van der Waals surface area contributed by atoms with Crippen LogP contribution in [0.2, 0.25) is 0 Å². The first-order chi connectivity index (χ1) is 12.8. The fourth-order valence-corrected chi connectivity index (χ4v) is 3.49. The molecular formula is C22H30N4O.